The van der Waals surface area contributed by atoms with Crippen LogP contribution >= 0.6 is 31.9 Å². The van der Waals surface area contributed by atoms with Crippen molar-refractivity contribution in [2.75, 3.05) is 14.2 Å². The maximum atomic E-state index is 12.1. The average molecular weight is 379 g/mol. The fraction of sp³-hybridized carbons (Fsp3) is 0.462. The van der Waals surface area contributed by atoms with Crippen LogP contribution in [0.1, 0.15) is 19.4 Å². The number of amides is 1. The Bertz CT molecular complexity index is 441. The van der Waals surface area contributed by atoms with E-state index in [4.69, 9.17) is 4.74 Å². The molecule has 0 aliphatic heterocycles. The van der Waals surface area contributed by atoms with Gasteiger partial charge in [0.25, 0.3) is 0 Å². The predicted molar refractivity (Wildman–Crippen MR) is 80.2 cm³/mol. The maximum absolute atomic E-state index is 12.1. The Morgan fingerprint density at radius 1 is 1.44 bits per heavy atom. The zero-order chi connectivity index (χ0) is 13.9. The van der Waals surface area contributed by atoms with Crippen molar-refractivity contribution >= 4 is 37.8 Å². The summed E-state index contributed by atoms with van der Waals surface area (Å²) in [4.78, 5) is 13.8. The van der Waals surface area contributed by atoms with Gasteiger partial charge in [0.2, 0.25) is 5.91 Å². The highest BCUT2D eigenvalue weighted by atomic mass is 79.9. The van der Waals surface area contributed by atoms with Crippen LogP contribution in [0.15, 0.2) is 22.7 Å². The SMILES string of the molecule is COc1ccc(Br)cc1CN(C)C(=O)C(C)(C)Br. The average Bonchev–Trinajstić information content (AvgIpc) is 2.27. The standard InChI is InChI=1S/C13H17Br2NO2/c1-13(2,15)12(17)16(3)8-9-7-10(14)5-6-11(9)18-4/h5-7H,8H2,1-4H3. The van der Waals surface area contributed by atoms with Gasteiger partial charge in [-0.1, -0.05) is 31.9 Å². The summed E-state index contributed by atoms with van der Waals surface area (Å²) in [7, 11) is 3.41. The van der Waals surface area contributed by atoms with E-state index in [-0.39, 0.29) is 5.91 Å². The number of methoxy groups -OCH3 is 1. The molecule has 0 radical (unpaired) electrons. The zero-order valence-corrected chi connectivity index (χ0v) is 14.1. The summed E-state index contributed by atoms with van der Waals surface area (Å²) in [6.07, 6.45) is 0. The highest BCUT2D eigenvalue weighted by Gasteiger charge is 2.27. The van der Waals surface area contributed by atoms with Crippen LogP contribution in [0.2, 0.25) is 0 Å². The lowest BCUT2D eigenvalue weighted by Crippen LogP contribution is -2.38. The molecule has 1 aromatic rings. The Morgan fingerprint density at radius 3 is 2.56 bits per heavy atom. The van der Waals surface area contributed by atoms with Crippen LogP contribution in [0, 0.1) is 0 Å². The van der Waals surface area contributed by atoms with E-state index in [0.717, 1.165) is 15.8 Å². The summed E-state index contributed by atoms with van der Waals surface area (Å²) >= 11 is 6.80. The lowest BCUT2D eigenvalue weighted by molar-refractivity contribution is -0.131. The van der Waals surface area contributed by atoms with Crippen LogP contribution in [0.5, 0.6) is 5.75 Å². The minimum atomic E-state index is -0.555. The highest BCUT2D eigenvalue weighted by Crippen LogP contribution is 2.26. The van der Waals surface area contributed by atoms with E-state index in [1.54, 1.807) is 19.1 Å². The van der Waals surface area contributed by atoms with Crippen LogP contribution in [-0.4, -0.2) is 29.3 Å². The molecule has 0 N–H and O–H groups in total. The Morgan fingerprint density at radius 2 is 2.06 bits per heavy atom. The van der Waals surface area contributed by atoms with Crippen LogP contribution in [-0.2, 0) is 11.3 Å². The van der Waals surface area contributed by atoms with Gasteiger partial charge in [0.1, 0.15) is 5.75 Å². The molecule has 0 saturated carbocycles. The number of hydrogen-bond acceptors (Lipinski definition) is 2. The van der Waals surface area contributed by atoms with E-state index >= 15 is 0 Å². The van der Waals surface area contributed by atoms with E-state index in [9.17, 15) is 4.79 Å². The number of rotatable bonds is 4. The molecule has 0 unspecified atom stereocenters. The normalized spacial score (nSPS) is 11.2. The molecule has 0 saturated heterocycles. The van der Waals surface area contributed by atoms with Gasteiger partial charge in [-0.2, -0.15) is 0 Å². The Labute approximate surface area is 125 Å². The summed E-state index contributed by atoms with van der Waals surface area (Å²) in [5.41, 5.74) is 0.972. The van der Waals surface area contributed by atoms with Crippen molar-refractivity contribution < 1.29 is 9.53 Å². The highest BCUT2D eigenvalue weighted by molar-refractivity contribution is 9.10. The first-order valence-corrected chi connectivity index (χ1v) is 7.11. The molecule has 5 heteroatoms. The fourth-order valence-corrected chi connectivity index (χ4v) is 2.36. The molecule has 18 heavy (non-hydrogen) atoms. The van der Waals surface area contributed by atoms with E-state index in [2.05, 4.69) is 31.9 Å². The Hall–Kier alpha value is -0.550. The van der Waals surface area contributed by atoms with Gasteiger partial charge < -0.3 is 9.64 Å². The number of benzene rings is 1. The van der Waals surface area contributed by atoms with Gasteiger partial charge in [0.05, 0.1) is 11.4 Å². The first-order chi connectivity index (χ1) is 8.25. The monoisotopic (exact) mass is 377 g/mol. The third-order valence-corrected chi connectivity index (χ3v) is 3.34. The molecular formula is C13H17Br2NO2. The molecule has 0 heterocycles. The van der Waals surface area contributed by atoms with Gasteiger partial charge in [-0.15, -0.1) is 0 Å². The molecule has 3 nitrogen and oxygen atoms in total. The van der Waals surface area contributed by atoms with Crippen molar-refractivity contribution in [3.8, 4) is 5.75 Å². The largest absolute Gasteiger partial charge is 0.496 e. The van der Waals surface area contributed by atoms with Crippen molar-refractivity contribution in [1.82, 2.24) is 4.90 Å². The zero-order valence-electron chi connectivity index (χ0n) is 11.0. The second-order valence-corrected chi connectivity index (χ2v) is 7.49. The van der Waals surface area contributed by atoms with Crippen molar-refractivity contribution in [3.63, 3.8) is 0 Å². The molecule has 0 aliphatic rings. The number of carbonyl (C=O) groups is 1. The predicted octanol–water partition coefficient (Wildman–Crippen LogP) is 3.59. The molecule has 0 fully saturated rings. The summed E-state index contributed by atoms with van der Waals surface area (Å²) < 4.78 is 5.71. The number of nitrogens with zero attached hydrogens (tertiary/aromatic N) is 1. The van der Waals surface area contributed by atoms with E-state index < -0.39 is 4.32 Å². The minimum Gasteiger partial charge on any atom is -0.496 e. The van der Waals surface area contributed by atoms with Crippen LogP contribution < -0.4 is 4.74 Å². The molecule has 1 aromatic carbocycles. The van der Waals surface area contributed by atoms with E-state index in [1.807, 2.05) is 32.0 Å². The third-order valence-electron chi connectivity index (χ3n) is 2.51. The van der Waals surface area contributed by atoms with Crippen molar-refractivity contribution in [1.29, 1.82) is 0 Å². The molecule has 0 aromatic heterocycles. The van der Waals surface area contributed by atoms with Gasteiger partial charge in [0.15, 0.2) is 0 Å². The Kier molecular flexibility index (Phi) is 5.22. The summed E-state index contributed by atoms with van der Waals surface area (Å²) in [5, 5.41) is 0. The van der Waals surface area contributed by atoms with Gasteiger partial charge in [-0.3, -0.25) is 4.79 Å². The molecule has 0 bridgehead atoms. The molecule has 0 atom stereocenters. The second kappa shape index (κ2) is 6.06. The van der Waals surface area contributed by atoms with E-state index in [1.165, 1.54) is 0 Å². The second-order valence-electron chi connectivity index (χ2n) is 4.59. The third kappa shape index (κ3) is 3.99. The minimum absolute atomic E-state index is 0.0320. The first kappa shape index (κ1) is 15.5. The fourth-order valence-electron chi connectivity index (χ4n) is 1.65. The number of halogens is 2. The number of alkyl halides is 1. The lowest BCUT2D eigenvalue weighted by Gasteiger charge is -2.25. The van der Waals surface area contributed by atoms with Crippen molar-refractivity contribution in [2.24, 2.45) is 0 Å². The van der Waals surface area contributed by atoms with Gasteiger partial charge in [-0.05, 0) is 32.0 Å². The number of carbonyl (C=O) groups excluding carboxylic acids is 1. The van der Waals surface area contributed by atoms with Crippen LogP contribution in [0.4, 0.5) is 0 Å². The number of ether oxygens (including phenoxy) is 1. The van der Waals surface area contributed by atoms with Crippen molar-refractivity contribution in [2.45, 2.75) is 24.7 Å². The van der Waals surface area contributed by atoms with Crippen LogP contribution in [0.25, 0.3) is 0 Å². The molecule has 100 valence electrons. The summed E-state index contributed by atoms with van der Waals surface area (Å²) in [6, 6.07) is 5.76. The molecule has 0 aliphatic carbocycles. The van der Waals surface area contributed by atoms with Crippen molar-refractivity contribution in [3.05, 3.63) is 28.2 Å². The first-order valence-electron chi connectivity index (χ1n) is 5.52. The lowest BCUT2D eigenvalue weighted by atomic mass is 10.1. The topological polar surface area (TPSA) is 29.5 Å². The molecule has 1 amide bonds. The molecule has 1 rings (SSSR count). The van der Waals surface area contributed by atoms with Gasteiger partial charge >= 0.3 is 0 Å². The smallest absolute Gasteiger partial charge is 0.238 e. The summed E-state index contributed by atoms with van der Waals surface area (Å²) in [5.74, 6) is 0.815. The van der Waals surface area contributed by atoms with E-state index in [0.29, 0.717) is 6.54 Å². The number of hydrogen-bond donors (Lipinski definition) is 0. The molecular weight excluding hydrogens is 362 g/mol. The van der Waals surface area contributed by atoms with Gasteiger partial charge in [-0.25, -0.2) is 0 Å². The molecule has 0 spiro atoms. The van der Waals surface area contributed by atoms with Gasteiger partial charge in [0, 0.05) is 23.6 Å². The van der Waals surface area contributed by atoms with Crippen LogP contribution in [0.3, 0.4) is 0 Å². The Balaban J connectivity index is 2.91. The summed E-state index contributed by atoms with van der Waals surface area (Å²) in [6.45, 7) is 4.18. The maximum Gasteiger partial charge on any atom is 0.238 e. The quantitative estimate of drug-likeness (QED) is 0.749.